The van der Waals surface area contributed by atoms with E-state index in [-0.39, 0.29) is 0 Å². The second-order valence-electron chi connectivity index (χ2n) is 5.85. The van der Waals surface area contributed by atoms with Gasteiger partial charge in [0.2, 0.25) is 0 Å². The Morgan fingerprint density at radius 2 is 1.88 bits per heavy atom. The lowest BCUT2D eigenvalue weighted by molar-refractivity contribution is 0.259. The molecule has 86 valence electrons. The van der Waals surface area contributed by atoms with Gasteiger partial charge in [0.1, 0.15) is 0 Å². The number of fused-ring (bicyclic) bond motifs is 1. The highest BCUT2D eigenvalue weighted by Gasteiger charge is 2.20. The van der Waals surface area contributed by atoms with Gasteiger partial charge in [0.25, 0.3) is 0 Å². The van der Waals surface area contributed by atoms with Crippen LogP contribution in [0.5, 0.6) is 0 Å². The Balaban J connectivity index is 2.22. The lowest BCUT2D eigenvalue weighted by Gasteiger charge is -2.26. The SMILES string of the molecule is CC(Cc1cc2ccccc2[nH]1)C(C)(C)C. The van der Waals surface area contributed by atoms with Crippen molar-refractivity contribution in [3.05, 3.63) is 36.0 Å². The first-order chi connectivity index (χ1) is 7.47. The second-order valence-corrected chi connectivity index (χ2v) is 5.85. The molecule has 0 radical (unpaired) electrons. The molecule has 1 heterocycles. The van der Waals surface area contributed by atoms with Crippen molar-refractivity contribution < 1.29 is 0 Å². The average molecular weight is 215 g/mol. The summed E-state index contributed by atoms with van der Waals surface area (Å²) in [5.74, 6) is 0.681. The first kappa shape index (κ1) is 11.3. The highest BCUT2D eigenvalue weighted by atomic mass is 14.7. The van der Waals surface area contributed by atoms with E-state index in [1.165, 1.54) is 16.6 Å². The molecular formula is C15H21N. The van der Waals surface area contributed by atoms with Crippen LogP contribution in [0.2, 0.25) is 0 Å². The van der Waals surface area contributed by atoms with Crippen molar-refractivity contribution in [2.75, 3.05) is 0 Å². The molecule has 0 saturated carbocycles. The van der Waals surface area contributed by atoms with E-state index < -0.39 is 0 Å². The van der Waals surface area contributed by atoms with Crippen molar-refractivity contribution in [1.82, 2.24) is 4.98 Å². The number of hydrogen-bond donors (Lipinski definition) is 1. The van der Waals surface area contributed by atoms with Crippen LogP contribution in [0.4, 0.5) is 0 Å². The molecule has 0 spiro atoms. The van der Waals surface area contributed by atoms with Gasteiger partial charge in [0.05, 0.1) is 0 Å². The number of H-pyrrole nitrogens is 1. The third-order valence-electron chi connectivity index (χ3n) is 3.59. The maximum absolute atomic E-state index is 3.50. The van der Waals surface area contributed by atoms with Gasteiger partial charge in [0, 0.05) is 11.2 Å². The summed E-state index contributed by atoms with van der Waals surface area (Å²) in [5, 5.41) is 1.32. The number of aromatic amines is 1. The van der Waals surface area contributed by atoms with Gasteiger partial charge in [-0.1, -0.05) is 45.9 Å². The van der Waals surface area contributed by atoms with E-state index in [1.54, 1.807) is 0 Å². The van der Waals surface area contributed by atoms with Crippen LogP contribution < -0.4 is 0 Å². The van der Waals surface area contributed by atoms with Crippen LogP contribution in [0.15, 0.2) is 30.3 Å². The summed E-state index contributed by atoms with van der Waals surface area (Å²) in [6.45, 7) is 9.24. The van der Waals surface area contributed by atoms with Crippen molar-refractivity contribution in [2.24, 2.45) is 11.3 Å². The predicted octanol–water partition coefficient (Wildman–Crippen LogP) is 4.39. The number of hydrogen-bond acceptors (Lipinski definition) is 0. The summed E-state index contributed by atoms with van der Waals surface area (Å²) in [7, 11) is 0. The minimum atomic E-state index is 0.372. The van der Waals surface area contributed by atoms with Gasteiger partial charge in [-0.15, -0.1) is 0 Å². The average Bonchev–Trinajstić information content (AvgIpc) is 2.58. The van der Waals surface area contributed by atoms with Crippen LogP contribution in [0, 0.1) is 11.3 Å². The van der Waals surface area contributed by atoms with Crippen molar-refractivity contribution in [2.45, 2.75) is 34.1 Å². The van der Waals surface area contributed by atoms with Crippen molar-refractivity contribution in [3.63, 3.8) is 0 Å². The Kier molecular flexibility index (Phi) is 2.79. The Hall–Kier alpha value is -1.24. The van der Waals surface area contributed by atoms with Gasteiger partial charge in [0.15, 0.2) is 0 Å². The zero-order valence-electron chi connectivity index (χ0n) is 10.7. The van der Waals surface area contributed by atoms with Gasteiger partial charge in [-0.2, -0.15) is 0 Å². The maximum Gasteiger partial charge on any atom is 0.0456 e. The predicted molar refractivity (Wildman–Crippen MR) is 70.6 cm³/mol. The van der Waals surface area contributed by atoms with E-state index in [0.29, 0.717) is 11.3 Å². The van der Waals surface area contributed by atoms with Gasteiger partial charge < -0.3 is 4.98 Å². The van der Waals surface area contributed by atoms with E-state index in [2.05, 4.69) is 63.0 Å². The monoisotopic (exact) mass is 215 g/mol. The number of aromatic nitrogens is 1. The maximum atomic E-state index is 3.50. The van der Waals surface area contributed by atoms with E-state index >= 15 is 0 Å². The highest BCUT2D eigenvalue weighted by molar-refractivity contribution is 5.80. The molecule has 1 atom stereocenters. The molecule has 1 N–H and O–H groups in total. The Labute approximate surface area is 97.9 Å². The van der Waals surface area contributed by atoms with Crippen LogP contribution in [-0.4, -0.2) is 4.98 Å². The number of nitrogens with one attached hydrogen (secondary N) is 1. The molecule has 1 heteroatoms. The van der Waals surface area contributed by atoms with Gasteiger partial charge in [-0.05, 0) is 35.3 Å². The number of rotatable bonds is 2. The molecule has 1 aromatic heterocycles. The minimum absolute atomic E-state index is 0.372. The fourth-order valence-electron chi connectivity index (χ4n) is 1.88. The quantitative estimate of drug-likeness (QED) is 0.764. The molecule has 0 saturated heterocycles. The third kappa shape index (κ3) is 2.29. The number of para-hydroxylation sites is 1. The first-order valence-electron chi connectivity index (χ1n) is 6.03. The molecule has 1 aromatic carbocycles. The fourth-order valence-corrected chi connectivity index (χ4v) is 1.88. The summed E-state index contributed by atoms with van der Waals surface area (Å²) < 4.78 is 0. The lowest BCUT2D eigenvalue weighted by atomic mass is 9.79. The van der Waals surface area contributed by atoms with E-state index in [4.69, 9.17) is 0 Å². The molecule has 1 nitrogen and oxygen atoms in total. The summed E-state index contributed by atoms with van der Waals surface area (Å²) >= 11 is 0. The molecule has 2 aromatic rings. The van der Waals surface area contributed by atoms with Crippen LogP contribution >= 0.6 is 0 Å². The molecular weight excluding hydrogens is 194 g/mol. The van der Waals surface area contributed by atoms with E-state index in [0.717, 1.165) is 6.42 Å². The van der Waals surface area contributed by atoms with Gasteiger partial charge in [-0.25, -0.2) is 0 Å². The molecule has 0 aliphatic heterocycles. The van der Waals surface area contributed by atoms with E-state index in [1.807, 2.05) is 0 Å². The van der Waals surface area contributed by atoms with Crippen LogP contribution in [0.25, 0.3) is 10.9 Å². The smallest absolute Gasteiger partial charge is 0.0456 e. The van der Waals surface area contributed by atoms with Crippen molar-refractivity contribution in [1.29, 1.82) is 0 Å². The molecule has 0 bridgehead atoms. The summed E-state index contributed by atoms with van der Waals surface area (Å²) in [4.78, 5) is 3.50. The van der Waals surface area contributed by atoms with Crippen molar-refractivity contribution in [3.8, 4) is 0 Å². The molecule has 2 rings (SSSR count). The minimum Gasteiger partial charge on any atom is -0.358 e. The summed E-state index contributed by atoms with van der Waals surface area (Å²) in [6.07, 6.45) is 1.12. The summed E-state index contributed by atoms with van der Waals surface area (Å²) in [5.41, 5.74) is 2.97. The second kappa shape index (κ2) is 3.97. The zero-order chi connectivity index (χ0) is 11.8. The first-order valence-corrected chi connectivity index (χ1v) is 6.03. The molecule has 0 aliphatic rings. The topological polar surface area (TPSA) is 15.8 Å². The molecule has 1 unspecified atom stereocenters. The third-order valence-corrected chi connectivity index (χ3v) is 3.59. The Bertz CT molecular complexity index is 440. The largest absolute Gasteiger partial charge is 0.358 e. The van der Waals surface area contributed by atoms with Crippen LogP contribution in [0.3, 0.4) is 0 Å². The van der Waals surface area contributed by atoms with Crippen molar-refractivity contribution >= 4 is 10.9 Å². The van der Waals surface area contributed by atoms with E-state index in [9.17, 15) is 0 Å². The lowest BCUT2D eigenvalue weighted by Crippen LogP contribution is -2.19. The fraction of sp³-hybridized carbons (Fsp3) is 0.467. The molecule has 16 heavy (non-hydrogen) atoms. The van der Waals surface area contributed by atoms with Crippen LogP contribution in [-0.2, 0) is 6.42 Å². The standard InChI is InChI=1S/C15H21N/c1-11(15(2,3)4)9-13-10-12-7-5-6-8-14(12)16-13/h5-8,10-11,16H,9H2,1-4H3. The molecule has 0 fully saturated rings. The molecule has 0 aliphatic carbocycles. The van der Waals surface area contributed by atoms with Gasteiger partial charge in [-0.3, -0.25) is 0 Å². The molecule has 0 amide bonds. The zero-order valence-corrected chi connectivity index (χ0v) is 10.7. The summed E-state index contributed by atoms with van der Waals surface area (Å²) in [6, 6.07) is 10.7. The normalized spacial score (nSPS) is 14.2. The Morgan fingerprint density at radius 3 is 2.50 bits per heavy atom. The van der Waals surface area contributed by atoms with Crippen LogP contribution in [0.1, 0.15) is 33.4 Å². The Morgan fingerprint density at radius 1 is 1.19 bits per heavy atom. The highest BCUT2D eigenvalue weighted by Crippen LogP contribution is 2.29. The van der Waals surface area contributed by atoms with Gasteiger partial charge >= 0.3 is 0 Å². The number of benzene rings is 1.